The molecule has 0 bridgehead atoms. The number of hydrogen-bond donors (Lipinski definition) is 2. The van der Waals surface area contributed by atoms with Crippen LogP contribution in [0.2, 0.25) is 0 Å². The highest BCUT2D eigenvalue weighted by atomic mass is 16.5. The van der Waals surface area contributed by atoms with E-state index in [-0.39, 0.29) is 23.6 Å². The van der Waals surface area contributed by atoms with Crippen molar-refractivity contribution in [2.75, 3.05) is 13.2 Å². The summed E-state index contributed by atoms with van der Waals surface area (Å²) in [5.41, 5.74) is 3.78. The van der Waals surface area contributed by atoms with Gasteiger partial charge in [0.05, 0.1) is 11.8 Å². The fourth-order valence-corrected chi connectivity index (χ4v) is 4.23. The molecule has 186 valence electrons. The average Bonchev–Trinajstić information content (AvgIpc) is 3.63. The number of hydrogen-bond acceptors (Lipinski definition) is 4. The maximum Gasteiger partial charge on any atom is 0.267 e. The van der Waals surface area contributed by atoms with Crippen LogP contribution in [0.4, 0.5) is 0 Å². The maximum absolute atomic E-state index is 13.3. The van der Waals surface area contributed by atoms with Crippen molar-refractivity contribution in [2.45, 2.75) is 18.9 Å². The van der Waals surface area contributed by atoms with Crippen LogP contribution in [-0.4, -0.2) is 40.9 Å². The number of nitrogens with zero attached hydrogens (tertiary/aromatic N) is 2. The number of carbonyl (C=O) groups excluding carboxylic acids is 2. The molecule has 3 aromatic carbocycles. The van der Waals surface area contributed by atoms with Gasteiger partial charge in [-0.2, -0.15) is 5.10 Å². The Labute approximate surface area is 215 Å². The number of carbonyl (C=O) groups is 2. The smallest absolute Gasteiger partial charge is 0.267 e. The summed E-state index contributed by atoms with van der Waals surface area (Å²) in [4.78, 5) is 26.3. The number of amides is 2. The highest BCUT2D eigenvalue weighted by Crippen LogP contribution is 2.25. The molecule has 37 heavy (non-hydrogen) atoms. The Morgan fingerprint density at radius 3 is 2.30 bits per heavy atom. The number of para-hydroxylation sites is 1. The van der Waals surface area contributed by atoms with Crippen molar-refractivity contribution in [2.24, 2.45) is 0 Å². The van der Waals surface area contributed by atoms with Gasteiger partial charge >= 0.3 is 0 Å². The Kier molecular flexibility index (Phi) is 7.52. The van der Waals surface area contributed by atoms with Gasteiger partial charge in [0.15, 0.2) is 0 Å². The summed E-state index contributed by atoms with van der Waals surface area (Å²) in [5.74, 6) is -0.748. The molecule has 1 saturated heterocycles. The lowest BCUT2D eigenvalue weighted by Crippen LogP contribution is -2.38. The first kappa shape index (κ1) is 24.2. The van der Waals surface area contributed by atoms with Gasteiger partial charge in [0.25, 0.3) is 11.8 Å². The van der Waals surface area contributed by atoms with E-state index in [1.54, 1.807) is 35.0 Å². The molecule has 0 radical (unpaired) electrons. The molecule has 7 nitrogen and oxygen atoms in total. The van der Waals surface area contributed by atoms with Gasteiger partial charge < -0.3 is 15.4 Å². The molecular formula is C30H28N4O3. The van der Waals surface area contributed by atoms with Crippen LogP contribution >= 0.6 is 0 Å². The summed E-state index contributed by atoms with van der Waals surface area (Å²) < 4.78 is 7.42. The van der Waals surface area contributed by atoms with Gasteiger partial charge in [-0.1, -0.05) is 66.7 Å². The molecule has 1 aliphatic heterocycles. The van der Waals surface area contributed by atoms with Crippen LogP contribution < -0.4 is 10.6 Å². The lowest BCUT2D eigenvalue weighted by atomic mass is 10.1. The summed E-state index contributed by atoms with van der Waals surface area (Å²) in [7, 11) is 0. The second-order valence-corrected chi connectivity index (χ2v) is 8.80. The van der Waals surface area contributed by atoms with Gasteiger partial charge in [-0.25, -0.2) is 4.68 Å². The lowest BCUT2D eigenvalue weighted by Gasteiger charge is -2.14. The minimum atomic E-state index is -0.383. The predicted octanol–water partition coefficient (Wildman–Crippen LogP) is 4.61. The molecule has 1 aliphatic rings. The summed E-state index contributed by atoms with van der Waals surface area (Å²) in [6.45, 7) is 1.08. The van der Waals surface area contributed by atoms with Gasteiger partial charge in [-0.15, -0.1) is 0 Å². The predicted molar refractivity (Wildman–Crippen MR) is 143 cm³/mol. The molecule has 2 heterocycles. The van der Waals surface area contributed by atoms with Crippen molar-refractivity contribution in [1.29, 1.82) is 0 Å². The van der Waals surface area contributed by atoms with Crippen molar-refractivity contribution < 1.29 is 14.3 Å². The minimum absolute atomic E-state index is 0.0178. The maximum atomic E-state index is 13.3. The summed E-state index contributed by atoms with van der Waals surface area (Å²) in [6, 6.07) is 28.3. The Balaban J connectivity index is 1.52. The number of aromatic nitrogens is 2. The molecule has 4 aromatic rings. The van der Waals surface area contributed by atoms with Crippen LogP contribution in [0.15, 0.2) is 103 Å². The van der Waals surface area contributed by atoms with Gasteiger partial charge in [-0.3, -0.25) is 9.59 Å². The lowest BCUT2D eigenvalue weighted by molar-refractivity contribution is -0.118. The zero-order valence-corrected chi connectivity index (χ0v) is 20.3. The number of rotatable bonds is 8. The highest BCUT2D eigenvalue weighted by Gasteiger charge is 2.21. The van der Waals surface area contributed by atoms with E-state index in [2.05, 4.69) is 10.6 Å². The van der Waals surface area contributed by atoms with Crippen LogP contribution in [0, 0.1) is 0 Å². The molecule has 7 heteroatoms. The molecule has 1 aromatic heterocycles. The number of ether oxygens (including phenoxy) is 1. The minimum Gasteiger partial charge on any atom is -0.376 e. The van der Waals surface area contributed by atoms with E-state index < -0.39 is 0 Å². The SMILES string of the molecule is O=C(NC[C@@H]1CCCO1)/C(=C/c1cn(-c2ccccc2)nc1-c1ccccc1)NC(=O)c1ccccc1. The van der Waals surface area contributed by atoms with E-state index in [0.29, 0.717) is 30.0 Å². The van der Waals surface area contributed by atoms with Crippen LogP contribution in [-0.2, 0) is 9.53 Å². The van der Waals surface area contributed by atoms with Crippen LogP contribution in [0.1, 0.15) is 28.8 Å². The fraction of sp³-hybridized carbons (Fsp3) is 0.167. The zero-order chi connectivity index (χ0) is 25.5. The Hall–Kier alpha value is -4.49. The first-order valence-corrected chi connectivity index (χ1v) is 12.4. The molecule has 2 amide bonds. The van der Waals surface area contributed by atoms with Crippen molar-refractivity contribution >= 4 is 17.9 Å². The van der Waals surface area contributed by atoms with Crippen molar-refractivity contribution in [1.82, 2.24) is 20.4 Å². The standard InChI is InChI=1S/C30H28N4O3/c35-29(23-13-6-2-7-14-23)32-27(30(36)31-20-26-17-10-18-37-26)19-24-21-34(25-15-8-3-9-16-25)33-28(24)22-11-4-1-5-12-22/h1-9,11-16,19,21,26H,10,17-18,20H2,(H,31,36)(H,32,35)/b27-19-/t26-/m0/s1. The largest absolute Gasteiger partial charge is 0.376 e. The quantitative estimate of drug-likeness (QED) is 0.352. The molecule has 1 fully saturated rings. The van der Waals surface area contributed by atoms with E-state index in [1.807, 2.05) is 72.9 Å². The Bertz CT molecular complexity index is 1380. The zero-order valence-electron chi connectivity index (χ0n) is 20.3. The van der Waals surface area contributed by atoms with E-state index in [1.165, 1.54) is 0 Å². The van der Waals surface area contributed by atoms with E-state index in [0.717, 1.165) is 24.1 Å². The van der Waals surface area contributed by atoms with Gasteiger partial charge in [0, 0.05) is 36.0 Å². The topological polar surface area (TPSA) is 85.2 Å². The molecule has 2 N–H and O–H groups in total. The van der Waals surface area contributed by atoms with E-state index in [9.17, 15) is 9.59 Å². The first-order valence-electron chi connectivity index (χ1n) is 12.4. The summed E-state index contributed by atoms with van der Waals surface area (Å²) in [6.07, 6.45) is 5.40. The molecule has 0 saturated carbocycles. The first-order chi connectivity index (χ1) is 18.2. The summed E-state index contributed by atoms with van der Waals surface area (Å²) >= 11 is 0. The van der Waals surface area contributed by atoms with Crippen molar-refractivity contribution in [3.05, 3.63) is 114 Å². The van der Waals surface area contributed by atoms with Gasteiger partial charge in [-0.05, 0) is 43.2 Å². The average molecular weight is 493 g/mol. The van der Waals surface area contributed by atoms with Crippen molar-refractivity contribution in [3.63, 3.8) is 0 Å². The van der Waals surface area contributed by atoms with Crippen LogP contribution in [0.3, 0.4) is 0 Å². The molecule has 0 unspecified atom stereocenters. The third-order valence-electron chi connectivity index (χ3n) is 6.15. The molecule has 5 rings (SSSR count). The third-order valence-corrected chi connectivity index (χ3v) is 6.15. The highest BCUT2D eigenvalue weighted by molar-refractivity contribution is 6.05. The molecule has 0 spiro atoms. The van der Waals surface area contributed by atoms with Crippen LogP contribution in [0.25, 0.3) is 23.0 Å². The second-order valence-electron chi connectivity index (χ2n) is 8.80. The third kappa shape index (κ3) is 6.02. The van der Waals surface area contributed by atoms with Gasteiger partial charge in [0.1, 0.15) is 11.4 Å². The van der Waals surface area contributed by atoms with Gasteiger partial charge in [0.2, 0.25) is 0 Å². The van der Waals surface area contributed by atoms with E-state index >= 15 is 0 Å². The van der Waals surface area contributed by atoms with Crippen molar-refractivity contribution in [3.8, 4) is 16.9 Å². The fourth-order valence-electron chi connectivity index (χ4n) is 4.23. The number of nitrogens with one attached hydrogen (secondary N) is 2. The summed E-state index contributed by atoms with van der Waals surface area (Å²) in [5, 5.41) is 10.6. The Morgan fingerprint density at radius 2 is 1.62 bits per heavy atom. The molecule has 1 atom stereocenters. The van der Waals surface area contributed by atoms with Crippen LogP contribution in [0.5, 0.6) is 0 Å². The molecular weight excluding hydrogens is 464 g/mol. The Morgan fingerprint density at radius 1 is 0.946 bits per heavy atom. The molecule has 0 aliphatic carbocycles. The monoisotopic (exact) mass is 492 g/mol. The number of benzene rings is 3. The second kappa shape index (κ2) is 11.5. The normalized spacial score (nSPS) is 15.4. The van der Waals surface area contributed by atoms with E-state index in [4.69, 9.17) is 9.84 Å².